The third-order valence-electron chi connectivity index (χ3n) is 4.42. The van der Waals surface area contributed by atoms with Crippen molar-refractivity contribution in [2.24, 2.45) is 0 Å². The van der Waals surface area contributed by atoms with E-state index in [-0.39, 0.29) is 11.9 Å². The number of nitrogens with one attached hydrogen (secondary N) is 1. The van der Waals surface area contributed by atoms with Gasteiger partial charge in [0.1, 0.15) is 5.56 Å². The number of methoxy groups -OCH3 is 1. The summed E-state index contributed by atoms with van der Waals surface area (Å²) >= 11 is 12.2. The number of benzene rings is 1. The number of likely N-dealkylation sites (tertiary alicyclic amines) is 1. The molecule has 1 aliphatic carbocycles. The van der Waals surface area contributed by atoms with Crippen LogP contribution in [0.2, 0.25) is 10.0 Å². The number of piperidine rings is 1. The van der Waals surface area contributed by atoms with E-state index >= 15 is 0 Å². The van der Waals surface area contributed by atoms with Gasteiger partial charge in [0.2, 0.25) is 0 Å². The molecule has 0 spiro atoms. The average molecular weight is 343 g/mol. The topological polar surface area (TPSA) is 41.6 Å². The van der Waals surface area contributed by atoms with Crippen LogP contribution in [0.25, 0.3) is 0 Å². The summed E-state index contributed by atoms with van der Waals surface area (Å²) < 4.78 is 5.24. The normalized spacial score (nSPS) is 20.0. The predicted octanol–water partition coefficient (Wildman–Crippen LogP) is 3.36. The van der Waals surface area contributed by atoms with Gasteiger partial charge in [0.25, 0.3) is 5.91 Å². The Morgan fingerprint density at radius 1 is 1.18 bits per heavy atom. The van der Waals surface area contributed by atoms with E-state index in [1.165, 1.54) is 20.0 Å². The van der Waals surface area contributed by atoms with Crippen molar-refractivity contribution >= 4 is 29.1 Å². The lowest BCUT2D eigenvalue weighted by Gasteiger charge is -2.32. The highest BCUT2D eigenvalue weighted by Crippen LogP contribution is 2.34. The summed E-state index contributed by atoms with van der Waals surface area (Å²) in [7, 11) is 1.49. The van der Waals surface area contributed by atoms with Gasteiger partial charge in [-0.1, -0.05) is 23.2 Å². The summed E-state index contributed by atoms with van der Waals surface area (Å²) in [4.78, 5) is 15.1. The molecule has 4 nitrogen and oxygen atoms in total. The number of rotatable bonds is 4. The number of ether oxygens (including phenoxy) is 1. The molecule has 1 heterocycles. The van der Waals surface area contributed by atoms with Gasteiger partial charge in [-0.25, -0.2) is 0 Å². The first kappa shape index (κ1) is 15.9. The van der Waals surface area contributed by atoms with Crippen molar-refractivity contribution in [2.75, 3.05) is 20.2 Å². The SMILES string of the molecule is COc1c(Cl)ccc(Cl)c1C(=O)NC1CCN(C2CC2)CC1. The van der Waals surface area contributed by atoms with Crippen molar-refractivity contribution < 1.29 is 9.53 Å². The lowest BCUT2D eigenvalue weighted by Crippen LogP contribution is -2.45. The fourth-order valence-electron chi connectivity index (χ4n) is 3.05. The zero-order chi connectivity index (χ0) is 15.7. The van der Waals surface area contributed by atoms with E-state index < -0.39 is 0 Å². The third-order valence-corrected chi connectivity index (χ3v) is 5.03. The quantitative estimate of drug-likeness (QED) is 0.912. The second kappa shape index (κ2) is 6.65. The Bertz CT molecular complexity index is 568. The summed E-state index contributed by atoms with van der Waals surface area (Å²) in [6.45, 7) is 2.10. The first-order chi connectivity index (χ1) is 10.6. The molecule has 2 fully saturated rings. The standard InChI is InChI=1S/C16H20Cl2N2O2/c1-22-15-13(18)5-4-12(17)14(15)16(21)19-10-6-8-20(9-7-10)11-2-3-11/h4-5,10-11H,2-3,6-9H2,1H3,(H,19,21). The minimum absolute atomic E-state index is 0.183. The Morgan fingerprint density at radius 2 is 1.82 bits per heavy atom. The summed E-state index contributed by atoms with van der Waals surface area (Å²) in [6, 6.07) is 4.23. The van der Waals surface area contributed by atoms with Gasteiger partial charge in [0.15, 0.2) is 5.75 Å². The van der Waals surface area contributed by atoms with Crippen molar-refractivity contribution in [3.8, 4) is 5.75 Å². The van der Waals surface area contributed by atoms with E-state index in [0.717, 1.165) is 32.0 Å². The lowest BCUT2D eigenvalue weighted by atomic mass is 10.0. The summed E-state index contributed by atoms with van der Waals surface area (Å²) in [5, 5.41) is 3.81. The molecule has 1 amide bonds. The highest BCUT2D eigenvalue weighted by atomic mass is 35.5. The number of nitrogens with zero attached hydrogens (tertiary/aromatic N) is 1. The fourth-order valence-corrected chi connectivity index (χ4v) is 3.52. The molecule has 1 saturated carbocycles. The van der Waals surface area contributed by atoms with Gasteiger partial charge < -0.3 is 15.0 Å². The van der Waals surface area contributed by atoms with E-state index in [1.807, 2.05) is 0 Å². The monoisotopic (exact) mass is 342 g/mol. The fraction of sp³-hybridized carbons (Fsp3) is 0.562. The van der Waals surface area contributed by atoms with Gasteiger partial charge in [-0.05, 0) is 37.8 Å². The molecule has 0 bridgehead atoms. The number of carbonyl (C=O) groups excluding carboxylic acids is 1. The van der Waals surface area contributed by atoms with Crippen LogP contribution in [0.5, 0.6) is 5.75 Å². The van der Waals surface area contributed by atoms with Crippen LogP contribution in [0.1, 0.15) is 36.0 Å². The number of halogens is 2. The van der Waals surface area contributed by atoms with Gasteiger partial charge in [-0.2, -0.15) is 0 Å². The van der Waals surface area contributed by atoms with Crippen molar-refractivity contribution in [2.45, 2.75) is 37.8 Å². The molecule has 0 aromatic heterocycles. The molecule has 1 aromatic rings. The van der Waals surface area contributed by atoms with Crippen LogP contribution >= 0.6 is 23.2 Å². The van der Waals surface area contributed by atoms with E-state index in [4.69, 9.17) is 27.9 Å². The van der Waals surface area contributed by atoms with Gasteiger partial charge in [-0.3, -0.25) is 4.79 Å². The minimum Gasteiger partial charge on any atom is -0.494 e. The predicted molar refractivity (Wildman–Crippen MR) is 88.1 cm³/mol. The maximum Gasteiger partial charge on any atom is 0.256 e. The van der Waals surface area contributed by atoms with Crippen LogP contribution in [0, 0.1) is 0 Å². The van der Waals surface area contributed by atoms with Gasteiger partial charge >= 0.3 is 0 Å². The molecule has 0 unspecified atom stereocenters. The highest BCUT2D eigenvalue weighted by Gasteiger charge is 2.32. The van der Waals surface area contributed by atoms with Crippen LogP contribution in [-0.4, -0.2) is 43.1 Å². The zero-order valence-electron chi connectivity index (χ0n) is 12.6. The summed E-state index contributed by atoms with van der Waals surface area (Å²) in [6.07, 6.45) is 4.60. The van der Waals surface area contributed by atoms with Crippen molar-refractivity contribution in [1.82, 2.24) is 10.2 Å². The van der Waals surface area contributed by atoms with Crippen molar-refractivity contribution in [1.29, 1.82) is 0 Å². The van der Waals surface area contributed by atoms with Crippen molar-refractivity contribution in [3.05, 3.63) is 27.7 Å². The van der Waals surface area contributed by atoms with Crippen LogP contribution in [0.4, 0.5) is 0 Å². The number of amides is 1. The maximum atomic E-state index is 12.5. The highest BCUT2D eigenvalue weighted by molar-refractivity contribution is 6.37. The average Bonchev–Trinajstić information content (AvgIpc) is 3.34. The van der Waals surface area contributed by atoms with E-state index in [1.54, 1.807) is 12.1 Å². The third kappa shape index (κ3) is 3.34. The Labute approximate surface area is 140 Å². The molecule has 22 heavy (non-hydrogen) atoms. The van der Waals surface area contributed by atoms with Crippen LogP contribution in [-0.2, 0) is 0 Å². The van der Waals surface area contributed by atoms with Crippen LogP contribution in [0.15, 0.2) is 12.1 Å². The second-order valence-corrected chi connectivity index (χ2v) is 6.77. The second-order valence-electron chi connectivity index (χ2n) is 5.95. The molecule has 0 radical (unpaired) electrons. The van der Waals surface area contributed by atoms with Gasteiger partial charge in [-0.15, -0.1) is 0 Å². The van der Waals surface area contributed by atoms with Crippen LogP contribution in [0.3, 0.4) is 0 Å². The smallest absolute Gasteiger partial charge is 0.256 e. The molecule has 0 atom stereocenters. The first-order valence-corrected chi connectivity index (χ1v) is 8.42. The molecule has 120 valence electrons. The molecule has 6 heteroatoms. The molecular weight excluding hydrogens is 323 g/mol. The van der Waals surface area contributed by atoms with E-state index in [9.17, 15) is 4.79 Å². The molecule has 1 aromatic carbocycles. The molecular formula is C16H20Cl2N2O2. The first-order valence-electron chi connectivity index (χ1n) is 7.67. The lowest BCUT2D eigenvalue weighted by molar-refractivity contribution is 0.0906. The summed E-state index contributed by atoms with van der Waals surface area (Å²) in [5.74, 6) is 0.122. The largest absolute Gasteiger partial charge is 0.494 e. The Morgan fingerprint density at radius 3 is 2.41 bits per heavy atom. The van der Waals surface area contributed by atoms with E-state index in [2.05, 4.69) is 10.2 Å². The molecule has 1 saturated heterocycles. The Hall–Kier alpha value is -0.970. The number of carbonyl (C=O) groups is 1. The molecule has 2 aliphatic rings. The minimum atomic E-state index is -0.214. The van der Waals surface area contributed by atoms with E-state index in [0.29, 0.717) is 21.4 Å². The number of hydrogen-bond acceptors (Lipinski definition) is 3. The van der Waals surface area contributed by atoms with Crippen LogP contribution < -0.4 is 10.1 Å². The maximum absolute atomic E-state index is 12.5. The molecule has 3 rings (SSSR count). The van der Waals surface area contributed by atoms with Gasteiger partial charge in [0.05, 0.1) is 17.2 Å². The molecule has 1 aliphatic heterocycles. The van der Waals surface area contributed by atoms with Crippen molar-refractivity contribution in [3.63, 3.8) is 0 Å². The summed E-state index contributed by atoms with van der Waals surface area (Å²) in [5.41, 5.74) is 0.321. The Kier molecular flexibility index (Phi) is 4.81. The van der Waals surface area contributed by atoms with Gasteiger partial charge in [0, 0.05) is 25.2 Å². The number of hydrogen-bond donors (Lipinski definition) is 1. The molecule has 1 N–H and O–H groups in total. The Balaban J connectivity index is 1.66. The zero-order valence-corrected chi connectivity index (χ0v) is 14.1.